The Morgan fingerprint density at radius 3 is 1.27 bits per heavy atom. The van der Waals surface area contributed by atoms with Gasteiger partial charge in [0.25, 0.3) is 0 Å². The van der Waals surface area contributed by atoms with Gasteiger partial charge >= 0.3 is 0 Å². The minimum atomic E-state index is 0.181. The molecular formula is C11H27NO3. The van der Waals surface area contributed by atoms with Crippen LogP contribution in [0.25, 0.3) is 0 Å². The highest BCUT2D eigenvalue weighted by molar-refractivity contribution is 5.75. The van der Waals surface area contributed by atoms with Gasteiger partial charge in [-0.15, -0.1) is 0 Å². The van der Waals surface area contributed by atoms with E-state index in [1.807, 2.05) is 20.8 Å². The first-order valence-corrected chi connectivity index (χ1v) is 5.43. The summed E-state index contributed by atoms with van der Waals surface area (Å²) in [5.74, 6) is 0.181. The second kappa shape index (κ2) is 19.0. The van der Waals surface area contributed by atoms with Crippen molar-refractivity contribution in [1.82, 2.24) is 4.90 Å². The second-order valence-electron chi connectivity index (χ2n) is 3.09. The van der Waals surface area contributed by atoms with Crippen LogP contribution in [0.4, 0.5) is 0 Å². The zero-order valence-electron chi connectivity index (χ0n) is 10.8. The molecule has 15 heavy (non-hydrogen) atoms. The van der Waals surface area contributed by atoms with E-state index in [4.69, 9.17) is 10.2 Å². The van der Waals surface area contributed by atoms with E-state index in [9.17, 15) is 4.79 Å². The summed E-state index contributed by atoms with van der Waals surface area (Å²) in [6.45, 7) is 6.35. The Morgan fingerprint density at radius 2 is 1.27 bits per heavy atom. The van der Waals surface area contributed by atoms with Crippen LogP contribution in [-0.2, 0) is 4.79 Å². The number of aliphatic hydroxyl groups excluding tert-OH is 2. The second-order valence-corrected chi connectivity index (χ2v) is 3.09. The molecule has 1 amide bonds. The van der Waals surface area contributed by atoms with Gasteiger partial charge in [-0.2, -0.15) is 0 Å². The Labute approximate surface area is 93.9 Å². The molecule has 2 N–H and O–H groups in total. The lowest BCUT2D eigenvalue weighted by Crippen LogP contribution is -2.19. The van der Waals surface area contributed by atoms with Crippen LogP contribution in [0.5, 0.6) is 0 Å². The lowest BCUT2D eigenvalue weighted by molar-refractivity contribution is -0.128. The number of rotatable bonds is 3. The van der Waals surface area contributed by atoms with Gasteiger partial charge in [-0.05, 0) is 12.8 Å². The van der Waals surface area contributed by atoms with Crippen molar-refractivity contribution >= 4 is 5.91 Å². The van der Waals surface area contributed by atoms with Gasteiger partial charge in [0.1, 0.15) is 0 Å². The fraction of sp³-hybridized carbons (Fsp3) is 0.909. The maximum atomic E-state index is 10.4. The number of aliphatic hydroxyl groups is 2. The fourth-order valence-electron chi connectivity index (χ4n) is 0.316. The van der Waals surface area contributed by atoms with Gasteiger partial charge < -0.3 is 15.1 Å². The Bertz CT molecular complexity index is 108. The molecule has 0 spiro atoms. The van der Waals surface area contributed by atoms with Crippen molar-refractivity contribution < 1.29 is 15.0 Å². The van der Waals surface area contributed by atoms with Gasteiger partial charge in [0.15, 0.2) is 0 Å². The van der Waals surface area contributed by atoms with Gasteiger partial charge in [-0.1, -0.05) is 20.8 Å². The van der Waals surface area contributed by atoms with E-state index in [2.05, 4.69) is 0 Å². The summed E-state index contributed by atoms with van der Waals surface area (Å²) in [5, 5.41) is 15.8. The predicted molar refractivity (Wildman–Crippen MR) is 63.7 cm³/mol. The van der Waals surface area contributed by atoms with E-state index in [0.29, 0.717) is 19.6 Å². The van der Waals surface area contributed by atoms with Gasteiger partial charge in [-0.25, -0.2) is 0 Å². The van der Waals surface area contributed by atoms with Crippen LogP contribution in [0.15, 0.2) is 0 Å². The zero-order chi connectivity index (χ0) is 12.7. The number of hydrogen-bond acceptors (Lipinski definition) is 3. The highest BCUT2D eigenvalue weighted by Gasteiger charge is 1.95. The molecule has 4 heteroatoms. The van der Waals surface area contributed by atoms with Crippen molar-refractivity contribution in [2.45, 2.75) is 40.0 Å². The minimum Gasteiger partial charge on any atom is -0.396 e. The average molecular weight is 221 g/mol. The average Bonchev–Trinajstić information content (AvgIpc) is 2.28. The number of carbonyl (C=O) groups is 1. The molecule has 0 fully saturated rings. The largest absolute Gasteiger partial charge is 0.396 e. The van der Waals surface area contributed by atoms with Crippen LogP contribution < -0.4 is 0 Å². The van der Waals surface area contributed by atoms with Gasteiger partial charge in [0.05, 0.1) is 0 Å². The maximum absolute atomic E-state index is 10.4. The van der Waals surface area contributed by atoms with Crippen molar-refractivity contribution in [3.05, 3.63) is 0 Å². The van der Waals surface area contributed by atoms with E-state index in [1.165, 1.54) is 0 Å². The molecule has 94 valence electrons. The summed E-state index contributed by atoms with van der Waals surface area (Å²) in [4.78, 5) is 12.0. The topological polar surface area (TPSA) is 60.8 Å². The molecule has 0 saturated heterocycles. The zero-order valence-corrected chi connectivity index (χ0v) is 10.8. The van der Waals surface area contributed by atoms with E-state index in [1.54, 1.807) is 19.0 Å². The summed E-state index contributed by atoms with van der Waals surface area (Å²) in [5.41, 5.74) is 0. The summed E-state index contributed by atoms with van der Waals surface area (Å²) in [6.07, 6.45) is 2.35. The van der Waals surface area contributed by atoms with E-state index in [0.717, 1.165) is 12.8 Å². The van der Waals surface area contributed by atoms with E-state index >= 15 is 0 Å². The molecule has 0 aliphatic heterocycles. The van der Waals surface area contributed by atoms with Crippen molar-refractivity contribution in [2.75, 3.05) is 27.3 Å². The number of carbonyl (C=O) groups excluding carboxylic acids is 1. The van der Waals surface area contributed by atoms with Crippen LogP contribution in [-0.4, -0.2) is 48.3 Å². The van der Waals surface area contributed by atoms with Crippen molar-refractivity contribution in [2.24, 2.45) is 0 Å². The number of nitrogens with zero attached hydrogens (tertiary/aromatic N) is 1. The van der Waals surface area contributed by atoms with Crippen molar-refractivity contribution in [1.29, 1.82) is 0 Å². The number of hydrogen-bond donors (Lipinski definition) is 2. The van der Waals surface area contributed by atoms with Gasteiger partial charge in [0, 0.05) is 33.7 Å². The summed E-state index contributed by atoms with van der Waals surface area (Å²) in [7, 11) is 3.51. The van der Waals surface area contributed by atoms with E-state index in [-0.39, 0.29) is 5.91 Å². The first-order chi connectivity index (χ1) is 7.01. The molecule has 0 aromatic rings. The third kappa shape index (κ3) is 31.8. The molecule has 0 heterocycles. The van der Waals surface area contributed by atoms with Crippen LogP contribution in [0.1, 0.15) is 40.0 Å². The molecule has 0 unspecified atom stereocenters. The summed E-state index contributed by atoms with van der Waals surface area (Å²) >= 11 is 0. The van der Waals surface area contributed by atoms with Crippen molar-refractivity contribution in [3.63, 3.8) is 0 Å². The Kier molecular flexibility index (Phi) is 25.2. The highest BCUT2D eigenvalue weighted by atomic mass is 16.3. The lowest BCUT2D eigenvalue weighted by Gasteiger charge is -2.05. The molecule has 0 bridgehead atoms. The molecule has 0 aromatic carbocycles. The molecule has 0 aromatic heterocycles. The fourth-order valence-corrected chi connectivity index (χ4v) is 0.316. The number of amides is 1. The van der Waals surface area contributed by atoms with Crippen LogP contribution in [0, 0.1) is 0 Å². The normalized spacial score (nSPS) is 7.93. The highest BCUT2D eigenvalue weighted by Crippen LogP contribution is 1.81. The first-order valence-electron chi connectivity index (χ1n) is 5.43. The standard InChI is InChI=1S/C5H11NO.2C3H8O/c1-4-5(7)6(2)3;2*1-2-3-4/h4H2,1-3H3;2*4H,2-3H2,1H3. The molecule has 0 saturated carbocycles. The first kappa shape index (κ1) is 19.9. The van der Waals surface area contributed by atoms with Gasteiger partial charge in [-0.3, -0.25) is 4.79 Å². The molecule has 0 atom stereocenters. The van der Waals surface area contributed by atoms with E-state index < -0.39 is 0 Å². The SMILES string of the molecule is CCC(=O)N(C)C.CCCO.CCCO. The molecule has 0 rings (SSSR count). The van der Waals surface area contributed by atoms with Gasteiger partial charge in [0.2, 0.25) is 5.91 Å². The monoisotopic (exact) mass is 221 g/mol. The molecule has 0 radical (unpaired) electrons. The molecule has 0 aliphatic carbocycles. The molecular weight excluding hydrogens is 194 g/mol. The summed E-state index contributed by atoms with van der Waals surface area (Å²) < 4.78 is 0. The third-order valence-electron chi connectivity index (χ3n) is 1.25. The smallest absolute Gasteiger partial charge is 0.221 e. The quantitative estimate of drug-likeness (QED) is 0.754. The Hall–Kier alpha value is -0.610. The molecule has 0 aliphatic rings. The van der Waals surface area contributed by atoms with Crippen LogP contribution in [0.3, 0.4) is 0 Å². The van der Waals surface area contributed by atoms with Crippen LogP contribution >= 0.6 is 0 Å². The lowest BCUT2D eigenvalue weighted by atomic mass is 10.4. The Morgan fingerprint density at radius 1 is 1.00 bits per heavy atom. The minimum absolute atomic E-state index is 0.181. The Balaban J connectivity index is -0.000000155. The molecule has 4 nitrogen and oxygen atoms in total. The summed E-state index contributed by atoms with van der Waals surface area (Å²) in [6, 6.07) is 0. The van der Waals surface area contributed by atoms with Crippen LogP contribution in [0.2, 0.25) is 0 Å². The predicted octanol–water partition coefficient (Wildman–Crippen LogP) is 1.26. The third-order valence-corrected chi connectivity index (χ3v) is 1.25. The van der Waals surface area contributed by atoms with Crippen molar-refractivity contribution in [3.8, 4) is 0 Å². The maximum Gasteiger partial charge on any atom is 0.221 e.